The molecule has 9 nitrogen and oxygen atoms in total. The van der Waals surface area contributed by atoms with Crippen LogP contribution < -0.4 is 10.2 Å². The van der Waals surface area contributed by atoms with E-state index in [1.165, 1.54) is 29.8 Å². The second kappa shape index (κ2) is 10.9. The Kier molecular flexibility index (Phi) is 7.98. The summed E-state index contributed by atoms with van der Waals surface area (Å²) in [5, 5.41) is 3.19. The van der Waals surface area contributed by atoms with E-state index in [2.05, 4.69) is 20.1 Å². The van der Waals surface area contributed by atoms with Crippen molar-refractivity contribution in [2.75, 3.05) is 63.9 Å². The Morgan fingerprint density at radius 1 is 1.03 bits per heavy atom. The highest BCUT2D eigenvalue weighted by Crippen LogP contribution is 2.20. The molecule has 1 saturated carbocycles. The van der Waals surface area contributed by atoms with Crippen LogP contribution in [0.25, 0.3) is 0 Å². The van der Waals surface area contributed by atoms with Gasteiger partial charge in [-0.25, -0.2) is 13.4 Å². The Bertz CT molecular complexity index is 844. The molecule has 0 atom stereocenters. The first kappa shape index (κ1) is 23.4. The highest BCUT2D eigenvalue weighted by Gasteiger charge is 2.27. The Labute approximate surface area is 191 Å². The van der Waals surface area contributed by atoms with Crippen molar-refractivity contribution in [2.45, 2.75) is 49.5 Å². The van der Waals surface area contributed by atoms with Crippen LogP contribution in [0.2, 0.25) is 0 Å². The van der Waals surface area contributed by atoms with Gasteiger partial charge < -0.3 is 15.0 Å². The van der Waals surface area contributed by atoms with Gasteiger partial charge in [0.1, 0.15) is 10.7 Å². The molecule has 3 fully saturated rings. The number of morpholine rings is 1. The Balaban J connectivity index is 1.22. The second-order valence-corrected chi connectivity index (χ2v) is 10.8. The van der Waals surface area contributed by atoms with E-state index in [0.717, 1.165) is 51.4 Å². The molecular formula is C22H35N5O4S. The summed E-state index contributed by atoms with van der Waals surface area (Å²) < 4.78 is 32.2. The first-order chi connectivity index (χ1) is 15.5. The zero-order chi connectivity index (χ0) is 22.4. The molecule has 1 aliphatic carbocycles. The van der Waals surface area contributed by atoms with Gasteiger partial charge in [-0.3, -0.25) is 9.69 Å². The number of nitrogens with one attached hydrogen (secondary N) is 1. The average molecular weight is 466 g/mol. The van der Waals surface area contributed by atoms with Crippen molar-refractivity contribution >= 4 is 21.7 Å². The van der Waals surface area contributed by atoms with E-state index < -0.39 is 10.0 Å². The van der Waals surface area contributed by atoms with Crippen LogP contribution in [0.1, 0.15) is 38.5 Å². The lowest BCUT2D eigenvalue weighted by Gasteiger charge is -2.35. The minimum Gasteiger partial charge on any atom is -0.379 e. The number of hydrogen-bond donors (Lipinski definition) is 1. The van der Waals surface area contributed by atoms with Crippen molar-refractivity contribution in [2.24, 2.45) is 0 Å². The summed E-state index contributed by atoms with van der Waals surface area (Å²) in [7, 11) is -3.52. The van der Waals surface area contributed by atoms with Crippen molar-refractivity contribution in [1.29, 1.82) is 0 Å². The molecule has 10 heteroatoms. The number of carbonyl (C=O) groups excluding carboxylic acids is 1. The number of aromatic nitrogens is 1. The fourth-order valence-electron chi connectivity index (χ4n) is 4.66. The zero-order valence-corrected chi connectivity index (χ0v) is 19.6. The summed E-state index contributed by atoms with van der Waals surface area (Å²) >= 11 is 0. The van der Waals surface area contributed by atoms with E-state index in [1.54, 1.807) is 12.1 Å². The average Bonchev–Trinajstić information content (AvgIpc) is 2.84. The molecule has 4 rings (SSSR count). The minimum atomic E-state index is -3.52. The van der Waals surface area contributed by atoms with Gasteiger partial charge in [0, 0.05) is 64.5 Å². The van der Waals surface area contributed by atoms with E-state index >= 15 is 0 Å². The molecule has 3 heterocycles. The molecule has 32 heavy (non-hydrogen) atoms. The zero-order valence-electron chi connectivity index (χ0n) is 18.7. The maximum Gasteiger partial charge on any atom is 0.244 e. The van der Waals surface area contributed by atoms with Gasteiger partial charge in [-0.15, -0.1) is 0 Å². The Morgan fingerprint density at radius 2 is 1.75 bits per heavy atom. The fourth-order valence-corrected chi connectivity index (χ4v) is 6.01. The maximum absolute atomic E-state index is 12.7. The third-order valence-corrected chi connectivity index (χ3v) is 8.53. The van der Waals surface area contributed by atoms with Gasteiger partial charge in [0.15, 0.2) is 0 Å². The number of hydrogen-bond acceptors (Lipinski definition) is 7. The van der Waals surface area contributed by atoms with Gasteiger partial charge in [-0.05, 0) is 25.0 Å². The fraction of sp³-hybridized carbons (Fsp3) is 0.727. The van der Waals surface area contributed by atoms with Crippen molar-refractivity contribution < 1.29 is 17.9 Å². The third kappa shape index (κ3) is 5.98. The molecule has 1 aromatic heterocycles. The summed E-state index contributed by atoms with van der Waals surface area (Å²) in [4.78, 5) is 21.4. The van der Waals surface area contributed by atoms with Gasteiger partial charge in [0.25, 0.3) is 0 Å². The van der Waals surface area contributed by atoms with E-state index in [-0.39, 0.29) is 10.8 Å². The molecule has 0 bridgehead atoms. The van der Waals surface area contributed by atoms with Gasteiger partial charge in [-0.2, -0.15) is 4.31 Å². The highest BCUT2D eigenvalue weighted by atomic mass is 32.2. The first-order valence-corrected chi connectivity index (χ1v) is 13.3. The van der Waals surface area contributed by atoms with Crippen molar-refractivity contribution in [3.05, 3.63) is 18.3 Å². The molecule has 0 spiro atoms. The highest BCUT2D eigenvalue weighted by molar-refractivity contribution is 7.89. The molecular weight excluding hydrogens is 430 g/mol. The van der Waals surface area contributed by atoms with Crippen LogP contribution >= 0.6 is 0 Å². The van der Waals surface area contributed by atoms with Crippen LogP contribution in [0, 0.1) is 0 Å². The molecule has 0 unspecified atom stereocenters. The number of amides is 1. The topological polar surface area (TPSA) is 95.1 Å². The smallest absolute Gasteiger partial charge is 0.244 e. The van der Waals surface area contributed by atoms with Crippen molar-refractivity contribution in [3.8, 4) is 0 Å². The summed E-state index contributed by atoms with van der Waals surface area (Å²) in [5.74, 6) is 0.957. The predicted molar refractivity (Wildman–Crippen MR) is 122 cm³/mol. The SMILES string of the molecule is O=C(CCN1CCN(c2ccc(S(=O)(=O)N3CCOCC3)cn2)CC1)NC1CCCCC1. The van der Waals surface area contributed by atoms with Crippen LogP contribution in [-0.2, 0) is 19.6 Å². The molecule has 2 saturated heterocycles. The van der Waals surface area contributed by atoms with Crippen molar-refractivity contribution in [3.63, 3.8) is 0 Å². The van der Waals surface area contributed by atoms with E-state index in [9.17, 15) is 13.2 Å². The molecule has 1 N–H and O–H groups in total. The van der Waals surface area contributed by atoms with Crippen LogP contribution in [0.3, 0.4) is 0 Å². The van der Waals surface area contributed by atoms with Crippen LogP contribution in [-0.4, -0.2) is 93.6 Å². The molecule has 3 aliphatic rings. The van der Waals surface area contributed by atoms with Crippen LogP contribution in [0.5, 0.6) is 0 Å². The molecule has 0 aromatic carbocycles. The standard InChI is InChI=1S/C22H35N5O4S/c28-22(24-19-4-2-1-3-5-19)8-9-25-10-12-26(13-11-25)21-7-6-20(18-23-21)32(29,30)27-14-16-31-17-15-27/h6-7,18-19H,1-5,8-17H2,(H,24,28). The van der Waals surface area contributed by atoms with Gasteiger partial charge in [0.2, 0.25) is 15.9 Å². The second-order valence-electron chi connectivity index (χ2n) is 8.85. The van der Waals surface area contributed by atoms with Gasteiger partial charge >= 0.3 is 0 Å². The number of pyridine rings is 1. The van der Waals surface area contributed by atoms with Crippen LogP contribution in [0.4, 0.5) is 5.82 Å². The molecule has 2 aliphatic heterocycles. The largest absolute Gasteiger partial charge is 0.379 e. The quantitative estimate of drug-likeness (QED) is 0.643. The molecule has 0 radical (unpaired) electrons. The summed E-state index contributed by atoms with van der Waals surface area (Å²) in [6, 6.07) is 3.81. The number of carbonyl (C=O) groups is 1. The van der Waals surface area contributed by atoms with E-state index in [0.29, 0.717) is 38.8 Å². The van der Waals surface area contributed by atoms with Gasteiger partial charge in [0.05, 0.1) is 13.2 Å². The number of ether oxygens (including phenoxy) is 1. The Hall–Kier alpha value is -1.75. The predicted octanol–water partition coefficient (Wildman–Crippen LogP) is 1.06. The number of sulfonamides is 1. The summed E-state index contributed by atoms with van der Waals surface area (Å²) in [6.45, 7) is 5.75. The number of rotatable bonds is 7. The lowest BCUT2D eigenvalue weighted by molar-refractivity contribution is -0.122. The summed E-state index contributed by atoms with van der Waals surface area (Å²) in [6.07, 6.45) is 7.97. The maximum atomic E-state index is 12.7. The summed E-state index contributed by atoms with van der Waals surface area (Å²) in [5.41, 5.74) is 0. The third-order valence-electron chi connectivity index (χ3n) is 6.65. The van der Waals surface area contributed by atoms with E-state index in [4.69, 9.17) is 4.74 Å². The molecule has 178 valence electrons. The lowest BCUT2D eigenvalue weighted by atomic mass is 9.95. The molecule has 1 aromatic rings. The monoisotopic (exact) mass is 465 g/mol. The molecule has 1 amide bonds. The number of piperazine rings is 1. The number of nitrogens with zero attached hydrogens (tertiary/aromatic N) is 4. The number of anilines is 1. The van der Waals surface area contributed by atoms with E-state index in [1.807, 2.05) is 0 Å². The normalized spacial score (nSPS) is 22.1. The Morgan fingerprint density at radius 3 is 2.41 bits per heavy atom. The van der Waals surface area contributed by atoms with Gasteiger partial charge in [-0.1, -0.05) is 19.3 Å². The minimum absolute atomic E-state index is 0.165. The van der Waals surface area contributed by atoms with Crippen LogP contribution in [0.15, 0.2) is 23.2 Å². The van der Waals surface area contributed by atoms with Crippen molar-refractivity contribution in [1.82, 2.24) is 19.5 Å². The lowest BCUT2D eigenvalue weighted by Crippen LogP contribution is -2.48. The first-order valence-electron chi connectivity index (χ1n) is 11.8.